The predicted octanol–water partition coefficient (Wildman–Crippen LogP) is 3.49. The molecule has 0 saturated carbocycles. The second-order valence-corrected chi connectivity index (χ2v) is 4.64. The minimum absolute atomic E-state index is 0.138. The van der Waals surface area contributed by atoms with Crippen LogP contribution in [0.25, 0.3) is 0 Å². The van der Waals surface area contributed by atoms with E-state index in [9.17, 15) is 4.79 Å². The number of nitrogen functional groups attached to an aromatic ring is 1. The molecule has 1 amide bonds. The first kappa shape index (κ1) is 14.1. The average Bonchev–Trinajstić information content (AvgIpc) is 2.30. The first-order valence-electron chi connectivity index (χ1n) is 5.54. The Morgan fingerprint density at radius 1 is 1.35 bits per heavy atom. The quantitative estimate of drug-likeness (QED) is 0.826. The zero-order valence-corrected chi connectivity index (χ0v) is 11.4. The summed E-state index contributed by atoms with van der Waals surface area (Å²) in [7, 11) is 0. The monoisotopic (exact) mass is 274 g/mol. The third-order valence-corrected chi connectivity index (χ3v) is 3.42. The molecule has 0 bridgehead atoms. The maximum absolute atomic E-state index is 12.0. The number of nitrogens with two attached hydrogens (primary N) is 1. The van der Waals surface area contributed by atoms with Crippen LogP contribution in [-0.4, -0.2) is 11.9 Å². The van der Waals surface area contributed by atoms with Crippen molar-refractivity contribution in [1.29, 1.82) is 0 Å². The topological polar surface area (TPSA) is 55.1 Å². The van der Waals surface area contributed by atoms with Crippen LogP contribution in [0, 0.1) is 0 Å². The van der Waals surface area contributed by atoms with Gasteiger partial charge in [0.05, 0.1) is 15.6 Å². The molecule has 0 aliphatic carbocycles. The Bertz CT molecular complexity index is 417. The van der Waals surface area contributed by atoms with Gasteiger partial charge in [-0.05, 0) is 25.0 Å². The van der Waals surface area contributed by atoms with Crippen LogP contribution >= 0.6 is 23.2 Å². The van der Waals surface area contributed by atoms with Gasteiger partial charge in [0.2, 0.25) is 0 Å². The van der Waals surface area contributed by atoms with Crippen LogP contribution in [0.5, 0.6) is 0 Å². The molecule has 5 heteroatoms. The predicted molar refractivity (Wildman–Crippen MR) is 72.7 cm³/mol. The van der Waals surface area contributed by atoms with E-state index in [0.717, 1.165) is 12.8 Å². The average molecular weight is 275 g/mol. The third kappa shape index (κ3) is 3.51. The molecule has 0 heterocycles. The van der Waals surface area contributed by atoms with Crippen LogP contribution in [0.3, 0.4) is 0 Å². The van der Waals surface area contributed by atoms with Gasteiger partial charge in [0.1, 0.15) is 0 Å². The fourth-order valence-electron chi connectivity index (χ4n) is 1.53. The van der Waals surface area contributed by atoms with E-state index < -0.39 is 0 Å². The molecule has 0 fully saturated rings. The van der Waals surface area contributed by atoms with Gasteiger partial charge in [0, 0.05) is 11.7 Å². The number of hydrogen-bond donors (Lipinski definition) is 2. The van der Waals surface area contributed by atoms with E-state index in [-0.39, 0.29) is 17.0 Å². The van der Waals surface area contributed by atoms with Crippen molar-refractivity contribution >= 4 is 34.8 Å². The van der Waals surface area contributed by atoms with Crippen LogP contribution in [0.4, 0.5) is 5.69 Å². The van der Waals surface area contributed by atoms with Crippen LogP contribution in [-0.2, 0) is 0 Å². The highest BCUT2D eigenvalue weighted by Gasteiger charge is 2.16. The van der Waals surface area contributed by atoms with Crippen molar-refractivity contribution < 1.29 is 4.79 Å². The van der Waals surface area contributed by atoms with Crippen LogP contribution in [0.15, 0.2) is 12.1 Å². The molecule has 3 N–H and O–H groups in total. The van der Waals surface area contributed by atoms with E-state index >= 15 is 0 Å². The smallest absolute Gasteiger partial charge is 0.253 e. The molecule has 1 aromatic carbocycles. The number of amides is 1. The molecule has 0 atom stereocenters. The lowest BCUT2D eigenvalue weighted by Gasteiger charge is -2.15. The summed E-state index contributed by atoms with van der Waals surface area (Å²) in [5.74, 6) is -0.238. The van der Waals surface area contributed by atoms with Gasteiger partial charge in [-0.2, -0.15) is 0 Å². The molecular weight excluding hydrogens is 259 g/mol. The zero-order chi connectivity index (χ0) is 13.0. The Hall–Kier alpha value is -0.930. The summed E-state index contributed by atoms with van der Waals surface area (Å²) >= 11 is 11.9. The van der Waals surface area contributed by atoms with E-state index in [1.165, 1.54) is 12.1 Å². The fourth-order valence-corrected chi connectivity index (χ4v) is 1.95. The Morgan fingerprint density at radius 2 is 1.94 bits per heavy atom. The van der Waals surface area contributed by atoms with E-state index in [4.69, 9.17) is 28.9 Å². The van der Waals surface area contributed by atoms with Crippen LogP contribution in [0.2, 0.25) is 10.0 Å². The number of carbonyl (C=O) groups excluding carboxylic acids is 1. The molecule has 0 aliphatic rings. The van der Waals surface area contributed by atoms with Gasteiger partial charge in [0.15, 0.2) is 0 Å². The van der Waals surface area contributed by atoms with Crippen LogP contribution < -0.4 is 11.1 Å². The molecular formula is C12H16Cl2N2O. The zero-order valence-electron chi connectivity index (χ0n) is 9.89. The highest BCUT2D eigenvalue weighted by atomic mass is 35.5. The van der Waals surface area contributed by atoms with Crippen molar-refractivity contribution in [3.63, 3.8) is 0 Å². The second-order valence-electron chi connectivity index (χ2n) is 3.85. The van der Waals surface area contributed by atoms with Crippen molar-refractivity contribution in [2.75, 3.05) is 5.73 Å². The Kier molecular flexibility index (Phi) is 5.09. The first-order valence-corrected chi connectivity index (χ1v) is 6.30. The van der Waals surface area contributed by atoms with E-state index in [0.29, 0.717) is 16.3 Å². The number of nitrogens with one attached hydrogen (secondary N) is 1. The highest BCUT2D eigenvalue weighted by Crippen LogP contribution is 2.28. The molecule has 3 nitrogen and oxygen atoms in total. The van der Waals surface area contributed by atoms with Crippen molar-refractivity contribution in [2.24, 2.45) is 0 Å². The SMILES string of the molecule is CCC(CC)NC(=O)c1cc(N)cc(Cl)c1Cl. The number of hydrogen-bond acceptors (Lipinski definition) is 2. The van der Waals surface area contributed by atoms with E-state index in [2.05, 4.69) is 5.32 Å². The lowest BCUT2D eigenvalue weighted by molar-refractivity contribution is 0.0935. The lowest BCUT2D eigenvalue weighted by atomic mass is 10.1. The Morgan fingerprint density at radius 3 is 2.47 bits per heavy atom. The van der Waals surface area contributed by atoms with Gasteiger partial charge in [-0.3, -0.25) is 4.79 Å². The minimum atomic E-state index is -0.238. The van der Waals surface area contributed by atoms with Gasteiger partial charge in [-0.15, -0.1) is 0 Å². The first-order chi connectivity index (χ1) is 7.99. The standard InChI is InChI=1S/C12H16Cl2N2O/c1-3-8(4-2)16-12(17)9-5-7(15)6-10(13)11(9)14/h5-6,8H,3-4,15H2,1-2H3,(H,16,17). The molecule has 1 aromatic rings. The Labute approximate surface area is 111 Å². The summed E-state index contributed by atoms with van der Waals surface area (Å²) in [6, 6.07) is 3.20. The van der Waals surface area contributed by atoms with Gasteiger partial charge in [-0.25, -0.2) is 0 Å². The summed E-state index contributed by atoms with van der Waals surface area (Å²) in [6.45, 7) is 4.03. The molecule has 17 heavy (non-hydrogen) atoms. The fraction of sp³-hybridized carbons (Fsp3) is 0.417. The van der Waals surface area contributed by atoms with Gasteiger partial charge in [0.25, 0.3) is 5.91 Å². The minimum Gasteiger partial charge on any atom is -0.399 e. The van der Waals surface area contributed by atoms with Crippen molar-refractivity contribution in [3.05, 3.63) is 27.7 Å². The molecule has 0 aromatic heterocycles. The summed E-state index contributed by atoms with van der Waals surface area (Å²) < 4.78 is 0. The van der Waals surface area contributed by atoms with E-state index in [1.54, 1.807) is 0 Å². The second kappa shape index (κ2) is 6.12. The number of halogens is 2. The van der Waals surface area contributed by atoms with Gasteiger partial charge in [-0.1, -0.05) is 37.0 Å². The molecule has 0 radical (unpaired) electrons. The van der Waals surface area contributed by atoms with Gasteiger partial charge < -0.3 is 11.1 Å². The normalized spacial score (nSPS) is 10.6. The molecule has 1 rings (SSSR count). The number of anilines is 1. The van der Waals surface area contributed by atoms with Crippen molar-refractivity contribution in [1.82, 2.24) is 5.32 Å². The lowest BCUT2D eigenvalue weighted by Crippen LogP contribution is -2.34. The summed E-state index contributed by atoms with van der Waals surface area (Å²) in [5, 5.41) is 3.42. The molecule has 0 aliphatic heterocycles. The highest BCUT2D eigenvalue weighted by molar-refractivity contribution is 6.44. The van der Waals surface area contributed by atoms with Gasteiger partial charge >= 0.3 is 0 Å². The summed E-state index contributed by atoms with van der Waals surface area (Å²) in [5.41, 5.74) is 6.39. The summed E-state index contributed by atoms with van der Waals surface area (Å²) in [4.78, 5) is 12.0. The molecule has 94 valence electrons. The molecule has 0 spiro atoms. The van der Waals surface area contributed by atoms with Crippen molar-refractivity contribution in [3.8, 4) is 0 Å². The van der Waals surface area contributed by atoms with E-state index in [1.807, 2.05) is 13.8 Å². The number of benzene rings is 1. The summed E-state index contributed by atoms with van der Waals surface area (Å²) in [6.07, 6.45) is 1.74. The number of rotatable bonds is 4. The van der Waals surface area contributed by atoms with Crippen molar-refractivity contribution in [2.45, 2.75) is 32.7 Å². The molecule has 0 unspecified atom stereocenters. The number of carbonyl (C=O) groups is 1. The molecule has 0 saturated heterocycles. The maximum atomic E-state index is 12.0. The Balaban J connectivity index is 2.96. The largest absolute Gasteiger partial charge is 0.399 e. The van der Waals surface area contributed by atoms with Crippen LogP contribution in [0.1, 0.15) is 37.0 Å². The maximum Gasteiger partial charge on any atom is 0.253 e. The third-order valence-electron chi connectivity index (χ3n) is 2.62.